The van der Waals surface area contributed by atoms with Crippen molar-refractivity contribution < 1.29 is 0 Å². The van der Waals surface area contributed by atoms with Crippen molar-refractivity contribution in [1.82, 2.24) is 5.32 Å². The fourth-order valence-corrected chi connectivity index (χ4v) is 2.60. The molecule has 0 fully saturated rings. The number of rotatable bonds is 14. The van der Waals surface area contributed by atoms with Gasteiger partial charge in [-0.1, -0.05) is 80.9 Å². The van der Waals surface area contributed by atoms with E-state index in [-0.39, 0.29) is 0 Å². The number of nitrogens with one attached hydrogen (secondary N) is 1. The van der Waals surface area contributed by atoms with E-state index in [1.165, 1.54) is 88.1 Å². The molecule has 0 aliphatic heterocycles. The lowest BCUT2D eigenvalue weighted by Crippen LogP contribution is -2.15. The third-order valence-corrected chi connectivity index (χ3v) is 3.93. The topological polar surface area (TPSA) is 12.0 Å². The molecule has 0 aromatic heterocycles. The Kier molecular flexibility index (Phi) is 17.4. The first-order chi connectivity index (χ1) is 8.41. The first kappa shape index (κ1) is 17.7. The highest BCUT2D eigenvalue weighted by molar-refractivity contribution is 14.1. The monoisotopic (exact) mass is 353 g/mol. The van der Waals surface area contributed by atoms with Crippen LogP contribution in [0.5, 0.6) is 0 Å². The minimum Gasteiger partial charge on any atom is -0.317 e. The molecule has 0 aromatic carbocycles. The van der Waals surface area contributed by atoms with Crippen LogP contribution < -0.4 is 5.32 Å². The molecule has 0 aliphatic rings. The molecule has 0 radical (unpaired) electrons. The Morgan fingerprint density at radius 2 is 1.12 bits per heavy atom. The van der Waals surface area contributed by atoms with Gasteiger partial charge >= 0.3 is 0 Å². The van der Waals surface area contributed by atoms with Crippen LogP contribution in [0.25, 0.3) is 0 Å². The molecule has 0 aliphatic carbocycles. The Morgan fingerprint density at radius 3 is 1.59 bits per heavy atom. The van der Waals surface area contributed by atoms with E-state index in [1.54, 1.807) is 0 Å². The fraction of sp³-hybridized carbons (Fsp3) is 1.00. The van der Waals surface area contributed by atoms with Gasteiger partial charge in [-0.25, -0.2) is 0 Å². The summed E-state index contributed by atoms with van der Waals surface area (Å²) in [5, 5.41) is 3.47. The molecule has 0 bridgehead atoms. The predicted octanol–water partition coefficient (Wildman–Crippen LogP) is 5.32. The summed E-state index contributed by atoms with van der Waals surface area (Å²) in [6.45, 7) is 4.65. The molecule has 0 unspecified atom stereocenters. The molecule has 0 amide bonds. The normalized spacial score (nSPS) is 10.9. The van der Waals surface area contributed by atoms with Gasteiger partial charge in [-0.2, -0.15) is 0 Å². The standard InChI is InChI=1S/C15H32IN/c1-2-14-17-15-12-10-8-6-4-3-5-7-9-11-13-16/h17H,2-15H2,1H3. The van der Waals surface area contributed by atoms with E-state index in [1.807, 2.05) is 0 Å². The van der Waals surface area contributed by atoms with E-state index in [2.05, 4.69) is 34.8 Å². The van der Waals surface area contributed by atoms with Crippen molar-refractivity contribution in [1.29, 1.82) is 0 Å². The molecule has 0 rings (SSSR count). The highest BCUT2D eigenvalue weighted by atomic mass is 127. The maximum atomic E-state index is 3.47. The van der Waals surface area contributed by atoms with Gasteiger partial charge in [0, 0.05) is 0 Å². The Morgan fingerprint density at radius 1 is 0.647 bits per heavy atom. The highest BCUT2D eigenvalue weighted by Crippen LogP contribution is 2.10. The summed E-state index contributed by atoms with van der Waals surface area (Å²) in [7, 11) is 0. The number of halogens is 1. The third kappa shape index (κ3) is 16.7. The molecule has 104 valence electrons. The SMILES string of the molecule is CCCNCCCCCCCCCCCCI. The summed E-state index contributed by atoms with van der Waals surface area (Å²) in [5.41, 5.74) is 0. The molecule has 1 nitrogen and oxygen atoms in total. The number of unbranched alkanes of at least 4 members (excludes halogenated alkanes) is 9. The Hall–Kier alpha value is 0.690. The molecule has 0 saturated heterocycles. The van der Waals surface area contributed by atoms with Crippen molar-refractivity contribution in [2.24, 2.45) is 0 Å². The van der Waals surface area contributed by atoms with Crippen LogP contribution in [0.2, 0.25) is 0 Å². The zero-order chi connectivity index (χ0) is 12.6. The van der Waals surface area contributed by atoms with Gasteiger partial charge in [0.05, 0.1) is 0 Å². The van der Waals surface area contributed by atoms with Gasteiger partial charge < -0.3 is 5.32 Å². The zero-order valence-electron chi connectivity index (χ0n) is 11.8. The minimum absolute atomic E-state index is 1.19. The molecule has 0 heterocycles. The van der Waals surface area contributed by atoms with E-state index in [0.29, 0.717) is 0 Å². The smallest absolute Gasteiger partial charge is 0.000473 e. The van der Waals surface area contributed by atoms with Gasteiger partial charge in [-0.3, -0.25) is 0 Å². The van der Waals surface area contributed by atoms with Crippen LogP contribution >= 0.6 is 22.6 Å². The second-order valence-corrected chi connectivity index (χ2v) is 6.05. The lowest BCUT2D eigenvalue weighted by Gasteiger charge is -2.03. The largest absolute Gasteiger partial charge is 0.317 e. The fourth-order valence-electron chi connectivity index (χ4n) is 2.06. The lowest BCUT2D eigenvalue weighted by atomic mass is 10.1. The Balaban J connectivity index is 2.85. The maximum Gasteiger partial charge on any atom is -0.000473 e. The summed E-state index contributed by atoms with van der Waals surface area (Å²) < 4.78 is 1.34. The summed E-state index contributed by atoms with van der Waals surface area (Å²) in [6.07, 6.45) is 15.7. The van der Waals surface area contributed by atoms with Crippen LogP contribution in [0.4, 0.5) is 0 Å². The van der Waals surface area contributed by atoms with Gasteiger partial charge in [-0.15, -0.1) is 0 Å². The van der Waals surface area contributed by atoms with Gasteiger partial charge in [0.1, 0.15) is 0 Å². The molecule has 0 spiro atoms. The van der Waals surface area contributed by atoms with Gasteiger partial charge in [-0.05, 0) is 36.8 Å². The van der Waals surface area contributed by atoms with E-state index in [9.17, 15) is 0 Å². The summed E-state index contributed by atoms with van der Waals surface area (Å²) in [4.78, 5) is 0. The average Bonchev–Trinajstić information content (AvgIpc) is 2.35. The van der Waals surface area contributed by atoms with Crippen molar-refractivity contribution in [3.8, 4) is 0 Å². The zero-order valence-corrected chi connectivity index (χ0v) is 13.9. The molecular weight excluding hydrogens is 321 g/mol. The van der Waals surface area contributed by atoms with E-state index >= 15 is 0 Å². The first-order valence-corrected chi connectivity index (χ1v) is 9.21. The Bertz CT molecular complexity index is 114. The highest BCUT2D eigenvalue weighted by Gasteiger charge is 1.92. The lowest BCUT2D eigenvalue weighted by molar-refractivity contribution is 0.544. The van der Waals surface area contributed by atoms with Crippen molar-refractivity contribution in [2.75, 3.05) is 17.5 Å². The second-order valence-electron chi connectivity index (χ2n) is 4.97. The van der Waals surface area contributed by atoms with Gasteiger partial charge in [0.25, 0.3) is 0 Å². The van der Waals surface area contributed by atoms with Crippen LogP contribution in [-0.4, -0.2) is 17.5 Å². The first-order valence-electron chi connectivity index (χ1n) is 7.68. The van der Waals surface area contributed by atoms with Crippen molar-refractivity contribution >= 4 is 22.6 Å². The maximum absolute atomic E-state index is 3.47. The van der Waals surface area contributed by atoms with Crippen LogP contribution in [-0.2, 0) is 0 Å². The van der Waals surface area contributed by atoms with E-state index < -0.39 is 0 Å². The molecule has 2 heteroatoms. The quantitative estimate of drug-likeness (QED) is 0.253. The molecule has 17 heavy (non-hydrogen) atoms. The van der Waals surface area contributed by atoms with Gasteiger partial charge in [0.15, 0.2) is 0 Å². The van der Waals surface area contributed by atoms with Crippen molar-refractivity contribution in [3.05, 3.63) is 0 Å². The number of hydrogen-bond acceptors (Lipinski definition) is 1. The average molecular weight is 353 g/mol. The molecule has 0 aromatic rings. The van der Waals surface area contributed by atoms with Crippen LogP contribution in [0.15, 0.2) is 0 Å². The van der Waals surface area contributed by atoms with Crippen molar-refractivity contribution in [2.45, 2.75) is 77.6 Å². The van der Waals surface area contributed by atoms with Gasteiger partial charge in [0.2, 0.25) is 0 Å². The summed E-state index contributed by atoms with van der Waals surface area (Å²) in [5.74, 6) is 0. The van der Waals surface area contributed by atoms with Crippen LogP contribution in [0.1, 0.15) is 77.6 Å². The predicted molar refractivity (Wildman–Crippen MR) is 88.2 cm³/mol. The van der Waals surface area contributed by atoms with E-state index in [4.69, 9.17) is 0 Å². The van der Waals surface area contributed by atoms with Crippen molar-refractivity contribution in [3.63, 3.8) is 0 Å². The second kappa shape index (κ2) is 16.7. The summed E-state index contributed by atoms with van der Waals surface area (Å²) in [6, 6.07) is 0. The molecule has 0 saturated carbocycles. The Labute approximate surface area is 123 Å². The van der Waals surface area contributed by atoms with Crippen LogP contribution in [0.3, 0.4) is 0 Å². The molecule has 0 atom stereocenters. The van der Waals surface area contributed by atoms with E-state index in [0.717, 1.165) is 0 Å². The number of alkyl halides is 1. The summed E-state index contributed by atoms with van der Waals surface area (Å²) >= 11 is 2.48. The van der Waals surface area contributed by atoms with Crippen LogP contribution in [0, 0.1) is 0 Å². The number of hydrogen-bond donors (Lipinski definition) is 1. The molecular formula is C15H32IN. The minimum atomic E-state index is 1.19. The third-order valence-electron chi connectivity index (χ3n) is 3.16. The molecule has 1 N–H and O–H groups in total.